The van der Waals surface area contributed by atoms with Crippen molar-refractivity contribution in [1.82, 2.24) is 15.2 Å². The molecule has 0 saturated heterocycles. The van der Waals surface area contributed by atoms with Gasteiger partial charge in [0.2, 0.25) is 0 Å². The Labute approximate surface area is 161 Å². The molecule has 0 radical (unpaired) electrons. The minimum atomic E-state index is -0.349. The molecule has 7 heteroatoms. The van der Waals surface area contributed by atoms with Gasteiger partial charge in [-0.3, -0.25) is 4.98 Å². The van der Waals surface area contributed by atoms with E-state index in [1.807, 2.05) is 19.9 Å². The van der Waals surface area contributed by atoms with E-state index in [2.05, 4.69) is 15.2 Å². The van der Waals surface area contributed by atoms with E-state index >= 15 is 0 Å². The Morgan fingerprint density at radius 2 is 2.00 bits per heavy atom. The zero-order valence-corrected chi connectivity index (χ0v) is 15.9. The number of nitrogens with one attached hydrogen (secondary N) is 2. The van der Waals surface area contributed by atoms with Crippen LogP contribution in [0.15, 0.2) is 29.1 Å². The number of aromatic nitrogens is 3. The maximum absolute atomic E-state index is 11.4. The summed E-state index contributed by atoms with van der Waals surface area (Å²) < 4.78 is 6.15. The lowest BCUT2D eigenvalue weighted by Crippen LogP contribution is -2.01. The predicted molar refractivity (Wildman–Crippen MR) is 104 cm³/mol. The van der Waals surface area contributed by atoms with Crippen molar-refractivity contribution in [3.05, 3.63) is 56.5 Å². The second-order valence-electron chi connectivity index (χ2n) is 7.05. The molecule has 1 aromatic heterocycles. The zero-order chi connectivity index (χ0) is 19.1. The van der Waals surface area contributed by atoms with Gasteiger partial charge in [0.15, 0.2) is 5.82 Å². The van der Waals surface area contributed by atoms with Gasteiger partial charge < -0.3 is 9.84 Å². The van der Waals surface area contributed by atoms with E-state index in [1.54, 1.807) is 18.2 Å². The smallest absolute Gasteiger partial charge is 0.340 e. The van der Waals surface area contributed by atoms with Crippen molar-refractivity contribution in [3.63, 3.8) is 0 Å². The van der Waals surface area contributed by atoms with Crippen molar-refractivity contribution in [2.45, 2.75) is 39.0 Å². The van der Waals surface area contributed by atoms with Crippen LogP contribution in [0.5, 0.6) is 17.2 Å². The molecule has 4 rings (SSSR count). The number of aromatic hydroxyl groups is 1. The number of nitrogens with zero attached hydrogens (tertiary/aromatic N) is 1. The molecule has 1 heterocycles. The molecule has 3 N–H and O–H groups in total. The highest BCUT2D eigenvalue weighted by Crippen LogP contribution is 2.44. The van der Waals surface area contributed by atoms with Crippen LogP contribution in [-0.2, 0) is 12.8 Å². The molecule has 0 atom stereocenters. The summed E-state index contributed by atoms with van der Waals surface area (Å²) in [7, 11) is 0. The fourth-order valence-electron chi connectivity index (χ4n) is 3.61. The number of H-pyrrole nitrogens is 2. The first-order valence-corrected chi connectivity index (χ1v) is 9.32. The SMILES string of the molecule is CC(C)c1cc(Oc2c(Cl)cc(-c3n[nH]c(=O)[nH]3)c3c2CCC3)ccc1O. The van der Waals surface area contributed by atoms with Crippen LogP contribution in [0.3, 0.4) is 0 Å². The van der Waals surface area contributed by atoms with Gasteiger partial charge in [-0.05, 0) is 55.0 Å². The summed E-state index contributed by atoms with van der Waals surface area (Å²) in [4.78, 5) is 14.1. The van der Waals surface area contributed by atoms with Crippen molar-refractivity contribution in [2.75, 3.05) is 0 Å². The van der Waals surface area contributed by atoms with Gasteiger partial charge in [-0.15, -0.1) is 0 Å². The van der Waals surface area contributed by atoms with Crippen molar-refractivity contribution in [1.29, 1.82) is 0 Å². The van der Waals surface area contributed by atoms with Gasteiger partial charge in [-0.1, -0.05) is 25.4 Å². The molecule has 0 unspecified atom stereocenters. The predicted octanol–water partition coefficient (Wildman–Crippen LogP) is 4.53. The number of hydrogen-bond acceptors (Lipinski definition) is 4. The Bertz CT molecular complexity index is 1070. The molecule has 0 amide bonds. The topological polar surface area (TPSA) is 91.0 Å². The monoisotopic (exact) mass is 385 g/mol. The minimum Gasteiger partial charge on any atom is -0.508 e. The fourth-order valence-corrected chi connectivity index (χ4v) is 3.87. The first kappa shape index (κ1) is 17.7. The summed E-state index contributed by atoms with van der Waals surface area (Å²) in [6, 6.07) is 7.01. The molecular weight excluding hydrogens is 366 g/mol. The molecule has 0 fully saturated rings. The quantitative estimate of drug-likeness (QED) is 0.615. The molecular formula is C20H20ClN3O3. The summed E-state index contributed by atoms with van der Waals surface area (Å²) in [5.41, 5.74) is 3.44. The number of benzene rings is 2. The van der Waals surface area contributed by atoms with Crippen LogP contribution in [-0.4, -0.2) is 20.3 Å². The third-order valence-electron chi connectivity index (χ3n) is 4.90. The summed E-state index contributed by atoms with van der Waals surface area (Å²) in [6.45, 7) is 4.03. The largest absolute Gasteiger partial charge is 0.508 e. The summed E-state index contributed by atoms with van der Waals surface area (Å²) >= 11 is 6.55. The molecule has 0 saturated carbocycles. The van der Waals surface area contributed by atoms with E-state index in [0.29, 0.717) is 22.3 Å². The number of hydrogen-bond donors (Lipinski definition) is 3. The van der Waals surface area contributed by atoms with Gasteiger partial charge >= 0.3 is 5.69 Å². The number of ether oxygens (including phenoxy) is 1. The average Bonchev–Trinajstić information content (AvgIpc) is 3.27. The number of halogens is 1. The van der Waals surface area contributed by atoms with Crippen molar-refractivity contribution >= 4 is 11.6 Å². The van der Waals surface area contributed by atoms with Gasteiger partial charge in [0.05, 0.1) is 5.02 Å². The standard InChI is InChI=1S/C20H20ClN3O3/c1-10(2)14-8-11(6-7-17(14)25)27-18-13-5-3-4-12(13)15(9-16(18)21)19-22-20(26)24-23-19/h6-10,25H,3-5H2,1-2H3,(H2,22,23,24,26). The van der Waals surface area contributed by atoms with E-state index in [-0.39, 0.29) is 17.4 Å². The Hall–Kier alpha value is -2.73. The van der Waals surface area contributed by atoms with Crippen LogP contribution in [0.25, 0.3) is 11.4 Å². The highest BCUT2D eigenvalue weighted by Gasteiger charge is 2.25. The zero-order valence-electron chi connectivity index (χ0n) is 15.1. The number of fused-ring (bicyclic) bond motifs is 1. The third kappa shape index (κ3) is 3.21. The first-order valence-electron chi connectivity index (χ1n) is 8.94. The van der Waals surface area contributed by atoms with Crippen molar-refractivity contribution in [3.8, 4) is 28.6 Å². The Kier molecular flexibility index (Phi) is 4.44. The normalized spacial score (nSPS) is 13.2. The minimum absolute atomic E-state index is 0.175. The van der Waals surface area contributed by atoms with Gasteiger partial charge in [-0.2, -0.15) is 5.10 Å². The second-order valence-corrected chi connectivity index (χ2v) is 7.46. The Balaban J connectivity index is 1.78. The molecule has 6 nitrogen and oxygen atoms in total. The molecule has 0 aliphatic heterocycles. The molecule has 140 valence electrons. The number of phenols is 1. The van der Waals surface area contributed by atoms with Gasteiger partial charge in [-0.25, -0.2) is 9.89 Å². The first-order chi connectivity index (χ1) is 12.9. The third-order valence-corrected chi connectivity index (χ3v) is 5.18. The van der Waals surface area contributed by atoms with Crippen LogP contribution in [0.4, 0.5) is 0 Å². The second kappa shape index (κ2) is 6.78. The van der Waals surface area contributed by atoms with Crippen molar-refractivity contribution < 1.29 is 9.84 Å². The lowest BCUT2D eigenvalue weighted by atomic mass is 10.0. The van der Waals surface area contributed by atoms with Gasteiger partial charge in [0.25, 0.3) is 0 Å². The number of phenolic OH excluding ortho intramolecular Hbond substituents is 1. The molecule has 0 bridgehead atoms. The summed E-state index contributed by atoms with van der Waals surface area (Å²) in [5.74, 6) is 2.18. The average molecular weight is 386 g/mol. The Morgan fingerprint density at radius 3 is 2.70 bits per heavy atom. The maximum atomic E-state index is 11.4. The number of rotatable bonds is 4. The molecule has 1 aliphatic carbocycles. The maximum Gasteiger partial charge on any atom is 0.340 e. The molecule has 1 aliphatic rings. The molecule has 2 aromatic carbocycles. The van der Waals surface area contributed by atoms with Crippen molar-refractivity contribution in [2.24, 2.45) is 0 Å². The van der Waals surface area contributed by atoms with E-state index in [4.69, 9.17) is 16.3 Å². The van der Waals surface area contributed by atoms with E-state index in [1.165, 1.54) is 0 Å². The van der Waals surface area contributed by atoms with Gasteiger partial charge in [0, 0.05) is 16.7 Å². The van der Waals surface area contributed by atoms with E-state index in [0.717, 1.165) is 41.5 Å². The van der Waals surface area contributed by atoms with E-state index in [9.17, 15) is 9.90 Å². The van der Waals surface area contributed by atoms with Gasteiger partial charge in [0.1, 0.15) is 17.2 Å². The lowest BCUT2D eigenvalue weighted by molar-refractivity contribution is 0.453. The van der Waals surface area contributed by atoms with Crippen LogP contribution >= 0.6 is 11.6 Å². The van der Waals surface area contributed by atoms with Crippen LogP contribution in [0, 0.1) is 0 Å². The van der Waals surface area contributed by atoms with Crippen LogP contribution < -0.4 is 10.4 Å². The van der Waals surface area contributed by atoms with E-state index < -0.39 is 0 Å². The highest BCUT2D eigenvalue weighted by atomic mass is 35.5. The molecule has 0 spiro atoms. The highest BCUT2D eigenvalue weighted by molar-refractivity contribution is 6.32. The Morgan fingerprint density at radius 1 is 1.22 bits per heavy atom. The van der Waals surface area contributed by atoms with Crippen LogP contribution in [0.1, 0.15) is 42.9 Å². The number of aromatic amines is 2. The molecule has 3 aromatic rings. The van der Waals surface area contributed by atoms with Crippen LogP contribution in [0.2, 0.25) is 5.02 Å². The summed E-state index contributed by atoms with van der Waals surface area (Å²) in [6.07, 6.45) is 2.71. The fraction of sp³-hybridized carbons (Fsp3) is 0.300. The molecule has 27 heavy (non-hydrogen) atoms. The lowest BCUT2D eigenvalue weighted by Gasteiger charge is -2.16. The summed E-state index contributed by atoms with van der Waals surface area (Å²) in [5, 5.41) is 16.9.